The highest BCUT2D eigenvalue weighted by Crippen LogP contribution is 2.26. The summed E-state index contributed by atoms with van der Waals surface area (Å²) in [5, 5.41) is 2.12. The van der Waals surface area contributed by atoms with Gasteiger partial charge in [-0.2, -0.15) is 0 Å². The van der Waals surface area contributed by atoms with Crippen LogP contribution in [-0.4, -0.2) is 18.1 Å². The van der Waals surface area contributed by atoms with Crippen molar-refractivity contribution in [2.24, 2.45) is 9.98 Å². The Hall–Kier alpha value is -1.22. The molecule has 0 radical (unpaired) electrons. The van der Waals surface area contributed by atoms with E-state index in [0.29, 0.717) is 0 Å². The van der Waals surface area contributed by atoms with Crippen molar-refractivity contribution >= 4 is 28.5 Å². The summed E-state index contributed by atoms with van der Waals surface area (Å²) >= 11 is 1.78. The Labute approximate surface area is 94.1 Å². The second-order valence-electron chi connectivity index (χ2n) is 3.72. The minimum Gasteiger partial charge on any atom is -0.266 e. The summed E-state index contributed by atoms with van der Waals surface area (Å²) in [6.45, 7) is 6.85. The van der Waals surface area contributed by atoms with Gasteiger partial charge in [-0.05, 0) is 49.4 Å². The van der Waals surface area contributed by atoms with E-state index in [1.165, 1.54) is 16.0 Å². The first kappa shape index (κ1) is 10.3. The van der Waals surface area contributed by atoms with Crippen LogP contribution in [0, 0.1) is 6.92 Å². The number of hydrogen-bond acceptors (Lipinski definition) is 3. The molecular weight excluding hydrogens is 204 g/mol. The molecule has 2 heterocycles. The lowest BCUT2D eigenvalue weighted by Crippen LogP contribution is -1.90. The molecule has 1 aliphatic rings. The topological polar surface area (TPSA) is 24.7 Å². The highest BCUT2D eigenvalue weighted by molar-refractivity contribution is 7.11. The minimum atomic E-state index is 0.744. The summed E-state index contributed by atoms with van der Waals surface area (Å²) in [7, 11) is 0. The quantitative estimate of drug-likeness (QED) is 0.690. The number of aliphatic imine (C=N–C) groups is 2. The number of thiophene rings is 1. The summed E-state index contributed by atoms with van der Waals surface area (Å²) in [6, 6.07) is 2.15. The molecule has 78 valence electrons. The van der Waals surface area contributed by atoms with Gasteiger partial charge in [-0.1, -0.05) is 0 Å². The van der Waals surface area contributed by atoms with Crippen LogP contribution in [0.3, 0.4) is 0 Å². The Balaban J connectivity index is 2.41. The molecule has 0 fully saturated rings. The van der Waals surface area contributed by atoms with E-state index in [-0.39, 0.29) is 0 Å². The van der Waals surface area contributed by atoms with Gasteiger partial charge in [-0.15, -0.1) is 11.3 Å². The van der Waals surface area contributed by atoms with Gasteiger partial charge in [0, 0.05) is 10.6 Å². The van der Waals surface area contributed by atoms with Crippen molar-refractivity contribution < 1.29 is 0 Å². The minimum absolute atomic E-state index is 0.744. The SMILES string of the molecule is CC1=NC(C)=NCC(c2sccc2C)=C1. The molecule has 0 N–H and O–H groups in total. The van der Waals surface area contributed by atoms with Crippen molar-refractivity contribution in [2.45, 2.75) is 20.8 Å². The lowest BCUT2D eigenvalue weighted by atomic mass is 10.1. The fourth-order valence-electron chi connectivity index (χ4n) is 1.66. The first-order chi connectivity index (χ1) is 7.16. The molecule has 0 spiro atoms. The van der Waals surface area contributed by atoms with Crippen molar-refractivity contribution in [1.82, 2.24) is 0 Å². The molecule has 2 nitrogen and oxygen atoms in total. The van der Waals surface area contributed by atoms with Gasteiger partial charge in [-0.3, -0.25) is 4.99 Å². The van der Waals surface area contributed by atoms with Crippen molar-refractivity contribution in [3.05, 3.63) is 28.0 Å². The standard InChI is InChI=1S/C12H14N2S/c1-8-4-5-15-12(8)11-6-9(2)14-10(3)13-7-11/h4-6H,7H2,1-3H3. The van der Waals surface area contributed by atoms with E-state index in [2.05, 4.69) is 34.4 Å². The molecule has 1 aliphatic heterocycles. The first-order valence-electron chi connectivity index (χ1n) is 4.98. The van der Waals surface area contributed by atoms with E-state index in [0.717, 1.165) is 18.1 Å². The number of rotatable bonds is 1. The lowest BCUT2D eigenvalue weighted by Gasteiger charge is -2.01. The van der Waals surface area contributed by atoms with Crippen molar-refractivity contribution in [3.63, 3.8) is 0 Å². The predicted molar refractivity (Wildman–Crippen MR) is 68.1 cm³/mol. The molecule has 0 aliphatic carbocycles. The van der Waals surface area contributed by atoms with Gasteiger partial charge in [0.05, 0.1) is 6.54 Å². The summed E-state index contributed by atoms with van der Waals surface area (Å²) in [5.74, 6) is 0.868. The molecule has 0 unspecified atom stereocenters. The van der Waals surface area contributed by atoms with Crippen LogP contribution in [0.15, 0.2) is 27.5 Å². The molecule has 0 saturated heterocycles. The van der Waals surface area contributed by atoms with Crippen LogP contribution in [0.25, 0.3) is 5.57 Å². The Morgan fingerprint density at radius 2 is 2.07 bits per heavy atom. The maximum absolute atomic E-state index is 4.42. The Bertz CT molecular complexity index is 464. The molecule has 0 saturated carbocycles. The van der Waals surface area contributed by atoms with Crippen LogP contribution >= 0.6 is 11.3 Å². The average Bonchev–Trinajstić information content (AvgIpc) is 2.51. The molecule has 1 aromatic rings. The number of amidine groups is 1. The number of hydrogen-bond donors (Lipinski definition) is 0. The Morgan fingerprint density at radius 1 is 1.27 bits per heavy atom. The van der Waals surface area contributed by atoms with E-state index in [9.17, 15) is 0 Å². The van der Waals surface area contributed by atoms with Gasteiger partial charge < -0.3 is 0 Å². The molecule has 15 heavy (non-hydrogen) atoms. The van der Waals surface area contributed by atoms with Crippen LogP contribution in [-0.2, 0) is 0 Å². The van der Waals surface area contributed by atoms with Gasteiger partial charge in [0.2, 0.25) is 0 Å². The van der Waals surface area contributed by atoms with Crippen LogP contribution in [0.1, 0.15) is 24.3 Å². The summed E-state index contributed by atoms with van der Waals surface area (Å²) in [5.41, 5.74) is 3.64. The van der Waals surface area contributed by atoms with Crippen molar-refractivity contribution in [2.75, 3.05) is 6.54 Å². The van der Waals surface area contributed by atoms with Gasteiger partial charge in [0.25, 0.3) is 0 Å². The highest BCUT2D eigenvalue weighted by Gasteiger charge is 2.09. The van der Waals surface area contributed by atoms with E-state index in [1.807, 2.05) is 13.8 Å². The van der Waals surface area contributed by atoms with Crippen molar-refractivity contribution in [3.8, 4) is 0 Å². The van der Waals surface area contributed by atoms with Crippen LogP contribution in [0.2, 0.25) is 0 Å². The molecule has 0 atom stereocenters. The fraction of sp³-hybridized carbons (Fsp3) is 0.333. The first-order valence-corrected chi connectivity index (χ1v) is 5.86. The number of aryl methyl sites for hydroxylation is 1. The van der Waals surface area contributed by atoms with Gasteiger partial charge >= 0.3 is 0 Å². The number of nitrogens with zero attached hydrogens (tertiary/aromatic N) is 2. The molecule has 2 rings (SSSR count). The molecule has 0 aromatic carbocycles. The van der Waals surface area contributed by atoms with Crippen LogP contribution in [0.5, 0.6) is 0 Å². The van der Waals surface area contributed by atoms with Crippen LogP contribution < -0.4 is 0 Å². The Kier molecular flexibility index (Phi) is 2.82. The molecule has 0 bridgehead atoms. The third kappa shape index (κ3) is 2.23. The van der Waals surface area contributed by atoms with E-state index in [1.54, 1.807) is 11.3 Å². The third-order valence-electron chi connectivity index (χ3n) is 2.35. The average molecular weight is 218 g/mol. The number of allylic oxidation sites excluding steroid dienone is 1. The normalized spacial score (nSPS) is 16.6. The van der Waals surface area contributed by atoms with Gasteiger partial charge in [0.15, 0.2) is 0 Å². The zero-order valence-corrected chi connectivity index (χ0v) is 10.1. The Morgan fingerprint density at radius 3 is 2.73 bits per heavy atom. The second kappa shape index (κ2) is 4.11. The van der Waals surface area contributed by atoms with Gasteiger partial charge in [0.1, 0.15) is 5.84 Å². The smallest absolute Gasteiger partial charge is 0.120 e. The molecule has 0 amide bonds. The second-order valence-corrected chi connectivity index (χ2v) is 4.64. The molecule has 1 aromatic heterocycles. The van der Waals surface area contributed by atoms with E-state index < -0.39 is 0 Å². The third-order valence-corrected chi connectivity index (χ3v) is 3.45. The largest absolute Gasteiger partial charge is 0.266 e. The summed E-state index contributed by atoms with van der Waals surface area (Å²) in [6.07, 6.45) is 2.14. The predicted octanol–water partition coefficient (Wildman–Crippen LogP) is 3.33. The van der Waals surface area contributed by atoms with Crippen LogP contribution in [0.4, 0.5) is 0 Å². The van der Waals surface area contributed by atoms with E-state index >= 15 is 0 Å². The van der Waals surface area contributed by atoms with E-state index in [4.69, 9.17) is 0 Å². The molecule has 3 heteroatoms. The highest BCUT2D eigenvalue weighted by atomic mass is 32.1. The monoisotopic (exact) mass is 218 g/mol. The molecular formula is C12H14N2S. The van der Waals surface area contributed by atoms with Crippen molar-refractivity contribution in [1.29, 1.82) is 0 Å². The maximum atomic E-state index is 4.42. The zero-order valence-electron chi connectivity index (χ0n) is 9.24. The maximum Gasteiger partial charge on any atom is 0.120 e. The summed E-state index contributed by atoms with van der Waals surface area (Å²) in [4.78, 5) is 10.1. The zero-order chi connectivity index (χ0) is 10.8. The van der Waals surface area contributed by atoms with Gasteiger partial charge in [-0.25, -0.2) is 4.99 Å². The summed E-state index contributed by atoms with van der Waals surface area (Å²) < 4.78 is 0. The lowest BCUT2D eigenvalue weighted by molar-refractivity contribution is 1.24. The fourth-order valence-corrected chi connectivity index (χ4v) is 2.60.